The third-order valence-electron chi connectivity index (χ3n) is 2.96. The van der Waals surface area contributed by atoms with Crippen LogP contribution in [0.3, 0.4) is 0 Å². The zero-order chi connectivity index (χ0) is 13.8. The molecule has 1 atom stereocenters. The molecule has 2 rings (SSSR count). The third-order valence-corrected chi connectivity index (χ3v) is 4.05. The average molecular weight is 359 g/mol. The summed E-state index contributed by atoms with van der Waals surface area (Å²) in [4.78, 5) is 0. The lowest BCUT2D eigenvalue weighted by molar-refractivity contribution is 0.574. The van der Waals surface area contributed by atoms with Gasteiger partial charge in [-0.05, 0) is 48.4 Å². The molecular weight excluding hydrogens is 345 g/mol. The van der Waals surface area contributed by atoms with Crippen LogP contribution in [-0.4, -0.2) is 0 Å². The predicted octanol–water partition coefficient (Wildman–Crippen LogP) is 5.61. The summed E-state index contributed by atoms with van der Waals surface area (Å²) in [5.74, 6) is 0. The van der Waals surface area contributed by atoms with Gasteiger partial charge in [0.1, 0.15) is 0 Å². The minimum atomic E-state index is 0.243. The minimum absolute atomic E-state index is 0.243. The van der Waals surface area contributed by atoms with Gasteiger partial charge < -0.3 is 5.32 Å². The fourth-order valence-electron chi connectivity index (χ4n) is 1.84. The Kier molecular flexibility index (Phi) is 5.28. The smallest absolute Gasteiger partial charge is 0.0451 e. The molecule has 0 radical (unpaired) electrons. The highest BCUT2D eigenvalue weighted by Crippen LogP contribution is 2.22. The maximum absolute atomic E-state index is 6.14. The Balaban J connectivity index is 2.04. The van der Waals surface area contributed by atoms with E-state index in [9.17, 15) is 0 Å². The van der Waals surface area contributed by atoms with E-state index in [2.05, 4.69) is 40.3 Å². The third kappa shape index (κ3) is 4.22. The lowest BCUT2D eigenvalue weighted by Crippen LogP contribution is -2.18. The highest BCUT2D eigenvalue weighted by Gasteiger charge is 2.07. The SMILES string of the molecule is C[C@@H](NCc1cc(Cl)ccc1Cl)c1cccc(Br)c1. The molecule has 0 aliphatic heterocycles. The van der Waals surface area contributed by atoms with Crippen molar-refractivity contribution in [2.24, 2.45) is 0 Å². The van der Waals surface area contributed by atoms with Gasteiger partial charge in [0.05, 0.1) is 0 Å². The maximum Gasteiger partial charge on any atom is 0.0451 e. The summed E-state index contributed by atoms with van der Waals surface area (Å²) < 4.78 is 1.08. The molecule has 0 bridgehead atoms. The summed E-state index contributed by atoms with van der Waals surface area (Å²) in [7, 11) is 0. The van der Waals surface area contributed by atoms with E-state index in [-0.39, 0.29) is 6.04 Å². The summed E-state index contributed by atoms with van der Waals surface area (Å²) in [5, 5.41) is 4.89. The molecule has 0 aliphatic rings. The van der Waals surface area contributed by atoms with Crippen LogP contribution >= 0.6 is 39.1 Å². The summed E-state index contributed by atoms with van der Waals surface area (Å²) in [5.41, 5.74) is 2.24. The largest absolute Gasteiger partial charge is 0.306 e. The standard InChI is InChI=1S/C15H14BrCl2N/c1-10(11-3-2-4-13(16)7-11)19-9-12-8-14(17)5-6-15(12)18/h2-8,10,19H,9H2,1H3/t10-/m1/s1. The van der Waals surface area contributed by atoms with Crippen molar-refractivity contribution in [2.75, 3.05) is 0 Å². The Hall–Kier alpha value is -0.540. The number of rotatable bonds is 4. The van der Waals surface area contributed by atoms with E-state index in [0.29, 0.717) is 11.6 Å². The number of nitrogens with one attached hydrogen (secondary N) is 1. The average Bonchev–Trinajstić information content (AvgIpc) is 2.39. The molecule has 4 heteroatoms. The summed E-state index contributed by atoms with van der Waals surface area (Å²) >= 11 is 15.6. The van der Waals surface area contributed by atoms with Crippen LogP contribution in [0.15, 0.2) is 46.9 Å². The lowest BCUT2D eigenvalue weighted by atomic mass is 10.1. The van der Waals surface area contributed by atoms with Gasteiger partial charge in [-0.3, -0.25) is 0 Å². The molecule has 100 valence electrons. The fraction of sp³-hybridized carbons (Fsp3) is 0.200. The molecule has 19 heavy (non-hydrogen) atoms. The van der Waals surface area contributed by atoms with Crippen LogP contribution in [-0.2, 0) is 6.54 Å². The van der Waals surface area contributed by atoms with Gasteiger partial charge in [0, 0.05) is 27.1 Å². The van der Waals surface area contributed by atoms with Crippen LogP contribution < -0.4 is 5.32 Å². The zero-order valence-electron chi connectivity index (χ0n) is 10.5. The molecule has 0 fully saturated rings. The molecule has 1 nitrogen and oxygen atoms in total. The Morgan fingerprint density at radius 1 is 1.16 bits per heavy atom. The van der Waals surface area contributed by atoms with Crippen LogP contribution in [0.2, 0.25) is 10.0 Å². The number of halogens is 3. The Morgan fingerprint density at radius 3 is 2.68 bits per heavy atom. The van der Waals surface area contributed by atoms with E-state index >= 15 is 0 Å². The normalized spacial score (nSPS) is 12.4. The van der Waals surface area contributed by atoms with E-state index in [1.807, 2.05) is 24.3 Å². The second-order valence-electron chi connectivity index (χ2n) is 4.39. The van der Waals surface area contributed by atoms with E-state index < -0.39 is 0 Å². The molecule has 0 saturated heterocycles. The van der Waals surface area contributed by atoms with Gasteiger partial charge in [0.25, 0.3) is 0 Å². The topological polar surface area (TPSA) is 12.0 Å². The highest BCUT2D eigenvalue weighted by molar-refractivity contribution is 9.10. The second-order valence-corrected chi connectivity index (χ2v) is 6.15. The van der Waals surface area contributed by atoms with Crippen molar-refractivity contribution in [2.45, 2.75) is 19.5 Å². The van der Waals surface area contributed by atoms with Gasteiger partial charge in [0.2, 0.25) is 0 Å². The van der Waals surface area contributed by atoms with Crippen molar-refractivity contribution in [3.63, 3.8) is 0 Å². The van der Waals surface area contributed by atoms with E-state index in [1.165, 1.54) is 5.56 Å². The minimum Gasteiger partial charge on any atom is -0.306 e. The zero-order valence-corrected chi connectivity index (χ0v) is 13.6. The quantitative estimate of drug-likeness (QED) is 0.749. The molecule has 0 aliphatic carbocycles. The first-order valence-corrected chi connectivity index (χ1v) is 7.54. The van der Waals surface area contributed by atoms with Gasteiger partial charge >= 0.3 is 0 Å². The second kappa shape index (κ2) is 6.76. The van der Waals surface area contributed by atoms with Crippen LogP contribution in [0.4, 0.5) is 0 Å². The highest BCUT2D eigenvalue weighted by atomic mass is 79.9. The van der Waals surface area contributed by atoms with Crippen molar-refractivity contribution in [3.8, 4) is 0 Å². The van der Waals surface area contributed by atoms with E-state index in [0.717, 1.165) is 15.1 Å². The fourth-order valence-corrected chi connectivity index (χ4v) is 2.63. The molecule has 1 N–H and O–H groups in total. The van der Waals surface area contributed by atoms with Gasteiger partial charge in [-0.1, -0.05) is 51.3 Å². The molecule has 2 aromatic rings. The lowest BCUT2D eigenvalue weighted by Gasteiger charge is -2.15. The summed E-state index contributed by atoms with van der Waals surface area (Å²) in [6.45, 7) is 2.81. The van der Waals surface area contributed by atoms with Crippen LogP contribution in [0.1, 0.15) is 24.1 Å². The van der Waals surface area contributed by atoms with Gasteiger partial charge in [-0.25, -0.2) is 0 Å². The summed E-state index contributed by atoms with van der Waals surface area (Å²) in [6, 6.07) is 14.0. The van der Waals surface area contributed by atoms with Gasteiger partial charge in [-0.15, -0.1) is 0 Å². The molecule has 0 heterocycles. The van der Waals surface area contributed by atoms with Crippen molar-refractivity contribution >= 4 is 39.1 Å². The van der Waals surface area contributed by atoms with Crippen LogP contribution in [0.25, 0.3) is 0 Å². The van der Waals surface area contributed by atoms with Crippen molar-refractivity contribution in [3.05, 3.63) is 68.1 Å². The number of benzene rings is 2. The Bertz CT molecular complexity index is 572. The van der Waals surface area contributed by atoms with Crippen molar-refractivity contribution < 1.29 is 0 Å². The van der Waals surface area contributed by atoms with Gasteiger partial charge in [0.15, 0.2) is 0 Å². The number of hydrogen-bond acceptors (Lipinski definition) is 1. The number of hydrogen-bond donors (Lipinski definition) is 1. The monoisotopic (exact) mass is 357 g/mol. The van der Waals surface area contributed by atoms with Crippen molar-refractivity contribution in [1.82, 2.24) is 5.32 Å². The van der Waals surface area contributed by atoms with Gasteiger partial charge in [-0.2, -0.15) is 0 Å². The molecule has 0 amide bonds. The van der Waals surface area contributed by atoms with E-state index in [4.69, 9.17) is 23.2 Å². The first-order valence-electron chi connectivity index (χ1n) is 5.99. The Labute approximate surface area is 132 Å². The molecule has 0 spiro atoms. The first kappa shape index (κ1) is 14.9. The predicted molar refractivity (Wildman–Crippen MR) is 85.9 cm³/mol. The van der Waals surface area contributed by atoms with E-state index in [1.54, 1.807) is 6.07 Å². The molecule has 0 unspecified atom stereocenters. The first-order chi connectivity index (χ1) is 9.06. The Morgan fingerprint density at radius 2 is 1.95 bits per heavy atom. The molecule has 2 aromatic carbocycles. The van der Waals surface area contributed by atoms with Crippen LogP contribution in [0.5, 0.6) is 0 Å². The molecular formula is C15H14BrCl2N. The maximum atomic E-state index is 6.14. The molecule has 0 saturated carbocycles. The molecule has 0 aromatic heterocycles. The van der Waals surface area contributed by atoms with Crippen LogP contribution in [0, 0.1) is 0 Å². The van der Waals surface area contributed by atoms with Crippen molar-refractivity contribution in [1.29, 1.82) is 0 Å². The summed E-state index contributed by atoms with van der Waals surface area (Å²) in [6.07, 6.45) is 0.